The lowest BCUT2D eigenvalue weighted by molar-refractivity contribution is 0.0462. The molecule has 7 heteroatoms. The van der Waals surface area contributed by atoms with Crippen LogP contribution in [0, 0.1) is 0 Å². The maximum atomic E-state index is 12.8. The quantitative estimate of drug-likeness (QED) is 0.227. The maximum absolute atomic E-state index is 12.8. The topological polar surface area (TPSA) is 94.8 Å². The average molecular weight is 480 g/mol. The number of amides is 1. The zero-order valence-electron chi connectivity index (χ0n) is 20.4. The molecule has 0 bridgehead atoms. The first-order valence-electron chi connectivity index (χ1n) is 12.3. The standard InChI is InChI=1S/C28H33NO6/c1-3-5-7-9-17-33-21-15-13-20(14-16-21)27(31)29-23-12-10-11-22-24(30)19-25(35-26(22)23)28(32)34-18-8-6-4-2/h10-16,19H,3-9,17-18H2,1-2H3,(H,29,31). The fourth-order valence-corrected chi connectivity index (χ4v) is 3.58. The lowest BCUT2D eigenvalue weighted by atomic mass is 10.1. The van der Waals surface area contributed by atoms with Gasteiger partial charge in [0.2, 0.25) is 5.76 Å². The summed E-state index contributed by atoms with van der Waals surface area (Å²) in [7, 11) is 0. The molecule has 0 atom stereocenters. The smallest absolute Gasteiger partial charge is 0.374 e. The number of hydrogen-bond acceptors (Lipinski definition) is 6. The number of fused-ring (bicyclic) bond motifs is 1. The van der Waals surface area contributed by atoms with E-state index < -0.39 is 5.97 Å². The van der Waals surface area contributed by atoms with Crippen molar-refractivity contribution in [3.63, 3.8) is 0 Å². The van der Waals surface area contributed by atoms with Crippen LogP contribution in [0.4, 0.5) is 5.69 Å². The average Bonchev–Trinajstić information content (AvgIpc) is 2.87. The van der Waals surface area contributed by atoms with E-state index in [2.05, 4.69) is 19.2 Å². The lowest BCUT2D eigenvalue weighted by Gasteiger charge is -2.10. The van der Waals surface area contributed by atoms with E-state index in [1.54, 1.807) is 42.5 Å². The number of carbonyl (C=O) groups is 2. The van der Waals surface area contributed by atoms with Crippen LogP contribution in [0.1, 0.15) is 79.7 Å². The molecule has 0 radical (unpaired) electrons. The number of anilines is 1. The van der Waals surface area contributed by atoms with Crippen molar-refractivity contribution in [2.75, 3.05) is 18.5 Å². The van der Waals surface area contributed by atoms with E-state index in [4.69, 9.17) is 13.9 Å². The summed E-state index contributed by atoms with van der Waals surface area (Å²) in [5.41, 5.74) is 0.458. The molecule has 0 aliphatic carbocycles. The molecule has 0 saturated heterocycles. The van der Waals surface area contributed by atoms with Gasteiger partial charge in [-0.05, 0) is 49.2 Å². The molecule has 1 aromatic heterocycles. The normalized spacial score (nSPS) is 10.8. The Morgan fingerprint density at radius 2 is 1.60 bits per heavy atom. The van der Waals surface area contributed by atoms with Gasteiger partial charge in [-0.2, -0.15) is 0 Å². The number of unbranched alkanes of at least 4 members (excludes halogenated alkanes) is 5. The Bertz CT molecular complexity index is 1180. The van der Waals surface area contributed by atoms with Gasteiger partial charge in [0, 0.05) is 11.6 Å². The van der Waals surface area contributed by atoms with Crippen molar-refractivity contribution in [3.05, 3.63) is 70.1 Å². The van der Waals surface area contributed by atoms with Crippen molar-refractivity contribution in [3.8, 4) is 5.75 Å². The molecule has 0 spiro atoms. The van der Waals surface area contributed by atoms with Gasteiger partial charge in [0.05, 0.1) is 24.3 Å². The van der Waals surface area contributed by atoms with Gasteiger partial charge in [-0.1, -0.05) is 52.0 Å². The predicted molar refractivity (Wildman–Crippen MR) is 136 cm³/mol. The highest BCUT2D eigenvalue weighted by molar-refractivity contribution is 6.08. The summed E-state index contributed by atoms with van der Waals surface area (Å²) in [6.45, 7) is 5.12. The predicted octanol–water partition coefficient (Wildman–Crippen LogP) is 6.35. The van der Waals surface area contributed by atoms with Gasteiger partial charge in [0.15, 0.2) is 11.0 Å². The Balaban J connectivity index is 1.71. The van der Waals surface area contributed by atoms with Crippen LogP contribution in [0.15, 0.2) is 57.7 Å². The Hall–Kier alpha value is -3.61. The van der Waals surface area contributed by atoms with E-state index in [0.29, 0.717) is 23.6 Å². The van der Waals surface area contributed by atoms with Crippen molar-refractivity contribution < 1.29 is 23.5 Å². The number of carbonyl (C=O) groups excluding carboxylic acids is 2. The molecule has 0 aliphatic heterocycles. The molecule has 1 N–H and O–H groups in total. The van der Waals surface area contributed by atoms with E-state index in [1.807, 2.05) is 0 Å². The molecule has 0 aliphatic rings. The summed E-state index contributed by atoms with van der Waals surface area (Å²) in [4.78, 5) is 37.8. The number of ether oxygens (including phenoxy) is 2. The van der Waals surface area contributed by atoms with Crippen LogP contribution in [0.3, 0.4) is 0 Å². The summed E-state index contributed by atoms with van der Waals surface area (Å²) in [5.74, 6) is -0.564. The molecule has 3 aromatic rings. The second-order valence-corrected chi connectivity index (χ2v) is 8.39. The summed E-state index contributed by atoms with van der Waals surface area (Å²) < 4.78 is 16.7. The third-order valence-electron chi connectivity index (χ3n) is 5.57. The number of rotatable bonds is 13. The molecule has 0 saturated carbocycles. The van der Waals surface area contributed by atoms with Gasteiger partial charge in [0.25, 0.3) is 5.91 Å². The molecular weight excluding hydrogens is 446 g/mol. The van der Waals surface area contributed by atoms with Crippen molar-refractivity contribution in [1.82, 2.24) is 0 Å². The number of nitrogens with one attached hydrogen (secondary N) is 1. The number of benzene rings is 2. The second-order valence-electron chi connectivity index (χ2n) is 8.39. The molecule has 3 rings (SSSR count). The fraction of sp³-hybridized carbons (Fsp3) is 0.393. The molecule has 2 aromatic carbocycles. The van der Waals surface area contributed by atoms with Crippen LogP contribution < -0.4 is 15.5 Å². The van der Waals surface area contributed by atoms with Crippen molar-refractivity contribution in [2.24, 2.45) is 0 Å². The first-order valence-corrected chi connectivity index (χ1v) is 12.3. The molecule has 0 unspecified atom stereocenters. The zero-order chi connectivity index (χ0) is 25.0. The largest absolute Gasteiger partial charge is 0.494 e. The van der Waals surface area contributed by atoms with Gasteiger partial charge in [0.1, 0.15) is 5.75 Å². The van der Waals surface area contributed by atoms with Crippen LogP contribution in [0.25, 0.3) is 11.0 Å². The van der Waals surface area contributed by atoms with Crippen LogP contribution in [0.5, 0.6) is 5.75 Å². The van der Waals surface area contributed by atoms with Gasteiger partial charge in [-0.15, -0.1) is 0 Å². The highest BCUT2D eigenvalue weighted by Crippen LogP contribution is 2.24. The highest BCUT2D eigenvalue weighted by Gasteiger charge is 2.17. The number of para-hydroxylation sites is 1. The maximum Gasteiger partial charge on any atom is 0.374 e. The van der Waals surface area contributed by atoms with Gasteiger partial charge in [-0.3, -0.25) is 9.59 Å². The van der Waals surface area contributed by atoms with Crippen molar-refractivity contribution in [1.29, 1.82) is 0 Å². The number of hydrogen-bond donors (Lipinski definition) is 1. The summed E-state index contributed by atoms with van der Waals surface area (Å²) in [5, 5.41) is 3.04. The molecule has 1 amide bonds. The first-order chi connectivity index (χ1) is 17.0. The van der Waals surface area contributed by atoms with Crippen LogP contribution >= 0.6 is 0 Å². The summed E-state index contributed by atoms with van der Waals surface area (Å²) in [6.07, 6.45) is 7.18. The Morgan fingerprint density at radius 1 is 0.886 bits per heavy atom. The second kappa shape index (κ2) is 13.3. The monoisotopic (exact) mass is 479 g/mol. The van der Waals surface area contributed by atoms with E-state index in [0.717, 1.165) is 38.2 Å². The molecule has 186 valence electrons. The Labute approximate surface area is 205 Å². The van der Waals surface area contributed by atoms with Gasteiger partial charge < -0.3 is 19.2 Å². The molecule has 7 nitrogen and oxygen atoms in total. The van der Waals surface area contributed by atoms with Crippen LogP contribution in [-0.4, -0.2) is 25.1 Å². The number of esters is 1. The third kappa shape index (κ3) is 7.44. The third-order valence-corrected chi connectivity index (χ3v) is 5.57. The summed E-state index contributed by atoms with van der Waals surface area (Å²) in [6, 6.07) is 12.8. The van der Waals surface area contributed by atoms with Crippen LogP contribution in [0.2, 0.25) is 0 Å². The minimum Gasteiger partial charge on any atom is -0.494 e. The van der Waals surface area contributed by atoms with Crippen LogP contribution in [-0.2, 0) is 4.74 Å². The Kier molecular flexibility index (Phi) is 9.90. The Morgan fingerprint density at radius 3 is 2.34 bits per heavy atom. The van der Waals surface area contributed by atoms with Crippen molar-refractivity contribution in [2.45, 2.75) is 58.8 Å². The first kappa shape index (κ1) is 26.0. The molecular formula is C28H33NO6. The molecule has 35 heavy (non-hydrogen) atoms. The lowest BCUT2D eigenvalue weighted by Crippen LogP contribution is -2.14. The van der Waals surface area contributed by atoms with E-state index >= 15 is 0 Å². The van der Waals surface area contributed by atoms with Gasteiger partial charge in [-0.25, -0.2) is 4.79 Å². The fourth-order valence-electron chi connectivity index (χ4n) is 3.58. The van der Waals surface area contributed by atoms with Crippen molar-refractivity contribution >= 4 is 28.5 Å². The SMILES string of the molecule is CCCCCCOc1ccc(C(=O)Nc2cccc3c(=O)cc(C(=O)OCCCCC)oc23)cc1. The molecule has 1 heterocycles. The molecule has 0 fully saturated rings. The summed E-state index contributed by atoms with van der Waals surface area (Å²) >= 11 is 0. The minimum absolute atomic E-state index is 0.126. The van der Waals surface area contributed by atoms with Gasteiger partial charge >= 0.3 is 5.97 Å². The van der Waals surface area contributed by atoms with E-state index in [9.17, 15) is 14.4 Å². The minimum atomic E-state index is -0.702. The van der Waals surface area contributed by atoms with E-state index in [1.165, 1.54) is 12.8 Å². The van der Waals surface area contributed by atoms with E-state index in [-0.39, 0.29) is 34.7 Å². The highest BCUT2D eigenvalue weighted by atomic mass is 16.5. The zero-order valence-corrected chi connectivity index (χ0v) is 20.4.